The fourth-order valence-corrected chi connectivity index (χ4v) is 3.89. The molecule has 1 aromatic carbocycles. The Labute approximate surface area is 210 Å². The van der Waals surface area contributed by atoms with Crippen molar-refractivity contribution in [3.63, 3.8) is 0 Å². The molecular formula is C26H36F3N3O4. The number of alkyl halides is 3. The molecule has 200 valence electrons. The van der Waals surface area contributed by atoms with Crippen molar-refractivity contribution in [1.29, 1.82) is 0 Å². The Morgan fingerprint density at radius 3 is 2.39 bits per heavy atom. The third-order valence-corrected chi connectivity index (χ3v) is 5.87. The number of halogens is 3. The van der Waals surface area contributed by atoms with E-state index in [9.17, 15) is 18.0 Å². The van der Waals surface area contributed by atoms with Gasteiger partial charge in [-0.05, 0) is 45.4 Å². The summed E-state index contributed by atoms with van der Waals surface area (Å²) >= 11 is 0. The maximum atomic E-state index is 13.7. The summed E-state index contributed by atoms with van der Waals surface area (Å²) in [6.07, 6.45) is 2.41. The molecule has 0 N–H and O–H groups in total. The maximum Gasteiger partial charge on any atom is 0.419 e. The van der Waals surface area contributed by atoms with Crippen molar-refractivity contribution in [1.82, 2.24) is 15.0 Å². The van der Waals surface area contributed by atoms with Gasteiger partial charge in [0.15, 0.2) is 0 Å². The first-order chi connectivity index (χ1) is 17.0. The monoisotopic (exact) mass is 511 g/mol. The number of amides is 1. The van der Waals surface area contributed by atoms with Gasteiger partial charge in [-0.25, -0.2) is 4.79 Å². The molecule has 0 aliphatic carbocycles. The molecule has 1 amide bonds. The first kappa shape index (κ1) is 27.8. The van der Waals surface area contributed by atoms with Crippen molar-refractivity contribution in [2.24, 2.45) is 0 Å². The average Bonchev–Trinajstić information content (AvgIpc) is 3.22. The Morgan fingerprint density at radius 1 is 1.08 bits per heavy atom. The van der Waals surface area contributed by atoms with Crippen LogP contribution in [0.4, 0.5) is 18.0 Å². The van der Waals surface area contributed by atoms with E-state index in [0.29, 0.717) is 19.5 Å². The number of ether oxygens (including phenoxy) is 2. The van der Waals surface area contributed by atoms with Crippen LogP contribution in [-0.2, 0) is 10.9 Å². The number of likely N-dealkylation sites (tertiary alicyclic amines) is 1. The molecule has 10 heteroatoms. The first-order valence-corrected chi connectivity index (χ1v) is 12.6. The lowest BCUT2D eigenvalue weighted by atomic mass is 10.0. The number of aromatic nitrogens is 2. The van der Waals surface area contributed by atoms with Gasteiger partial charge in [0.1, 0.15) is 11.4 Å². The second-order valence-electron chi connectivity index (χ2n) is 10.2. The van der Waals surface area contributed by atoms with Crippen LogP contribution in [0.1, 0.15) is 90.0 Å². The number of nitrogens with zero attached hydrogens (tertiary/aromatic N) is 3. The number of rotatable bonds is 11. The minimum atomic E-state index is -4.58. The van der Waals surface area contributed by atoms with Crippen molar-refractivity contribution < 1.29 is 32.0 Å². The zero-order chi connectivity index (χ0) is 26.3. The van der Waals surface area contributed by atoms with Crippen LogP contribution in [0.2, 0.25) is 0 Å². The van der Waals surface area contributed by atoms with Gasteiger partial charge in [0.25, 0.3) is 0 Å². The molecular weight excluding hydrogens is 475 g/mol. The number of carbonyl (C=O) groups excluding carboxylic acids is 1. The van der Waals surface area contributed by atoms with Crippen LogP contribution in [0, 0.1) is 0 Å². The van der Waals surface area contributed by atoms with Crippen LogP contribution >= 0.6 is 0 Å². The minimum Gasteiger partial charge on any atom is -0.493 e. The Bertz CT molecular complexity index is 995. The average molecular weight is 512 g/mol. The predicted octanol–water partition coefficient (Wildman–Crippen LogP) is 7.22. The minimum absolute atomic E-state index is 0.0600. The van der Waals surface area contributed by atoms with E-state index in [-0.39, 0.29) is 35.6 Å². The van der Waals surface area contributed by atoms with E-state index in [4.69, 9.17) is 14.0 Å². The molecule has 36 heavy (non-hydrogen) atoms. The van der Waals surface area contributed by atoms with Gasteiger partial charge in [0, 0.05) is 18.7 Å². The van der Waals surface area contributed by atoms with Crippen LogP contribution in [0.25, 0.3) is 11.4 Å². The topological polar surface area (TPSA) is 77.7 Å². The highest BCUT2D eigenvalue weighted by molar-refractivity contribution is 5.69. The van der Waals surface area contributed by atoms with Crippen LogP contribution < -0.4 is 4.74 Å². The summed E-state index contributed by atoms with van der Waals surface area (Å²) in [5.74, 6) is -0.0548. The highest BCUT2D eigenvalue weighted by Gasteiger charge is 2.38. The van der Waals surface area contributed by atoms with E-state index in [1.165, 1.54) is 36.3 Å². The van der Waals surface area contributed by atoms with Gasteiger partial charge in [-0.15, -0.1) is 0 Å². The van der Waals surface area contributed by atoms with Crippen molar-refractivity contribution in [2.75, 3.05) is 19.7 Å². The Balaban J connectivity index is 1.58. The molecule has 2 heterocycles. The van der Waals surface area contributed by atoms with Gasteiger partial charge >= 0.3 is 12.3 Å². The molecule has 1 aliphatic rings. The third kappa shape index (κ3) is 7.86. The molecule has 7 nitrogen and oxygen atoms in total. The van der Waals surface area contributed by atoms with Crippen molar-refractivity contribution >= 4 is 6.09 Å². The first-order valence-electron chi connectivity index (χ1n) is 12.6. The number of hydrogen-bond donors (Lipinski definition) is 0. The smallest absolute Gasteiger partial charge is 0.419 e. The van der Waals surface area contributed by atoms with E-state index >= 15 is 0 Å². The van der Waals surface area contributed by atoms with Crippen molar-refractivity contribution in [2.45, 2.75) is 90.3 Å². The van der Waals surface area contributed by atoms with Crippen LogP contribution in [0.5, 0.6) is 5.75 Å². The van der Waals surface area contributed by atoms with Gasteiger partial charge in [-0.1, -0.05) is 50.6 Å². The van der Waals surface area contributed by atoms with E-state index in [2.05, 4.69) is 17.1 Å². The van der Waals surface area contributed by atoms with Crippen LogP contribution in [0.3, 0.4) is 0 Å². The molecule has 0 unspecified atom stereocenters. The number of benzene rings is 1. The van der Waals surface area contributed by atoms with E-state index in [1.807, 2.05) is 0 Å². The van der Waals surface area contributed by atoms with Gasteiger partial charge < -0.3 is 18.9 Å². The molecule has 0 bridgehead atoms. The summed E-state index contributed by atoms with van der Waals surface area (Å²) < 4.78 is 57.3. The largest absolute Gasteiger partial charge is 0.493 e. The molecule has 1 aromatic heterocycles. The second-order valence-corrected chi connectivity index (χ2v) is 10.2. The summed E-state index contributed by atoms with van der Waals surface area (Å²) in [6.45, 7) is 8.43. The molecule has 0 radical (unpaired) electrons. The lowest BCUT2D eigenvalue weighted by Crippen LogP contribution is -2.50. The lowest BCUT2D eigenvalue weighted by Gasteiger charge is -2.37. The number of unbranched alkanes of at least 4 members (excludes halogenated alkanes) is 6. The van der Waals surface area contributed by atoms with Crippen LogP contribution in [0.15, 0.2) is 22.7 Å². The summed E-state index contributed by atoms with van der Waals surface area (Å²) in [4.78, 5) is 17.9. The standard InChI is InChI=1S/C26H36F3N3O4/c1-5-6-7-8-9-10-11-14-34-21-13-12-18(15-20(21)26(27,28)29)22-30-23(36-31-22)19-16-32(17-19)24(33)35-25(2,3)4/h12-13,15,19H,5-11,14,16-17H2,1-4H3. The van der Waals surface area contributed by atoms with E-state index in [0.717, 1.165) is 25.3 Å². The molecule has 1 fully saturated rings. The molecule has 1 aliphatic heterocycles. The Hall–Kier alpha value is -2.78. The van der Waals surface area contributed by atoms with Crippen molar-refractivity contribution in [3.05, 3.63) is 29.7 Å². The van der Waals surface area contributed by atoms with Gasteiger partial charge in [0.05, 0.1) is 18.1 Å². The van der Waals surface area contributed by atoms with Gasteiger partial charge in [0.2, 0.25) is 11.7 Å². The SMILES string of the molecule is CCCCCCCCCOc1ccc(-c2noc(C3CN(C(=O)OC(C)(C)C)C3)n2)cc1C(F)(F)F. The zero-order valence-electron chi connectivity index (χ0n) is 21.5. The summed E-state index contributed by atoms with van der Waals surface area (Å²) in [7, 11) is 0. The fraction of sp³-hybridized carbons (Fsp3) is 0.654. The van der Waals surface area contributed by atoms with E-state index < -0.39 is 23.4 Å². The molecule has 3 rings (SSSR count). The molecule has 0 spiro atoms. The summed E-state index contributed by atoms with van der Waals surface area (Å²) in [5.41, 5.74) is -1.28. The Kier molecular flexibility index (Phi) is 9.24. The third-order valence-electron chi connectivity index (χ3n) is 5.87. The quantitative estimate of drug-likeness (QED) is 0.297. The lowest BCUT2D eigenvalue weighted by molar-refractivity contribution is -0.138. The number of hydrogen-bond acceptors (Lipinski definition) is 6. The van der Waals surface area contributed by atoms with Crippen molar-refractivity contribution in [3.8, 4) is 17.1 Å². The number of carbonyl (C=O) groups is 1. The molecule has 1 saturated heterocycles. The summed E-state index contributed by atoms with van der Waals surface area (Å²) in [6, 6.07) is 3.79. The highest BCUT2D eigenvalue weighted by atomic mass is 19.4. The highest BCUT2D eigenvalue weighted by Crippen LogP contribution is 2.39. The second kappa shape index (κ2) is 12.0. The Morgan fingerprint density at radius 2 is 1.75 bits per heavy atom. The fourth-order valence-electron chi connectivity index (χ4n) is 3.89. The molecule has 0 atom stereocenters. The predicted molar refractivity (Wildman–Crippen MR) is 129 cm³/mol. The normalized spacial score (nSPS) is 14.6. The van der Waals surface area contributed by atoms with E-state index in [1.54, 1.807) is 20.8 Å². The molecule has 2 aromatic rings. The summed E-state index contributed by atoms with van der Waals surface area (Å²) in [5, 5.41) is 3.86. The zero-order valence-corrected chi connectivity index (χ0v) is 21.5. The maximum absolute atomic E-state index is 13.7. The van der Waals surface area contributed by atoms with Gasteiger partial charge in [-0.2, -0.15) is 18.2 Å². The van der Waals surface area contributed by atoms with Crippen LogP contribution in [-0.4, -0.2) is 46.4 Å². The van der Waals surface area contributed by atoms with Gasteiger partial charge in [-0.3, -0.25) is 0 Å². The molecule has 0 saturated carbocycles.